The van der Waals surface area contributed by atoms with Crippen LogP contribution in [0.5, 0.6) is 0 Å². The van der Waals surface area contributed by atoms with Crippen molar-refractivity contribution in [2.24, 2.45) is 5.73 Å². The molecule has 0 bridgehead atoms. The molecule has 1 saturated carbocycles. The first-order valence-corrected chi connectivity index (χ1v) is 9.00. The highest BCUT2D eigenvalue weighted by Crippen LogP contribution is 2.24. The lowest BCUT2D eigenvalue weighted by Crippen LogP contribution is -2.34. The van der Waals surface area contributed by atoms with Gasteiger partial charge in [0.15, 0.2) is 0 Å². The number of thiocarbonyl (C=S) groups is 1. The molecule has 2 rings (SSSR count). The molecule has 0 aliphatic heterocycles. The fraction of sp³-hybridized carbons (Fsp3) is 0.500. The van der Waals surface area contributed by atoms with Gasteiger partial charge in [-0.25, -0.2) is 13.1 Å². The molecule has 1 fully saturated rings. The van der Waals surface area contributed by atoms with Gasteiger partial charge in [-0.2, -0.15) is 0 Å². The lowest BCUT2D eigenvalue weighted by molar-refractivity contribution is 0.329. The van der Waals surface area contributed by atoms with Gasteiger partial charge in [-0.05, 0) is 25.5 Å². The number of likely N-dealkylation sites (N-methyl/N-ethyl adjacent to an activating group) is 1. The average Bonchev–Trinajstić information content (AvgIpc) is 3.22. The normalized spacial score (nSPS) is 15.3. The van der Waals surface area contributed by atoms with Crippen molar-refractivity contribution >= 4 is 27.2 Å². The first-order chi connectivity index (χ1) is 9.89. The summed E-state index contributed by atoms with van der Waals surface area (Å²) in [4.78, 5) is 2.40. The minimum absolute atomic E-state index is 0.104. The molecule has 0 spiro atoms. The van der Waals surface area contributed by atoms with E-state index in [0.29, 0.717) is 23.7 Å². The van der Waals surface area contributed by atoms with E-state index in [9.17, 15) is 8.42 Å². The van der Waals surface area contributed by atoms with Crippen molar-refractivity contribution in [2.45, 2.75) is 24.6 Å². The average molecular weight is 327 g/mol. The highest BCUT2D eigenvalue weighted by molar-refractivity contribution is 7.88. The highest BCUT2D eigenvalue weighted by Gasteiger charge is 2.25. The number of nitrogens with zero attached hydrogens (tertiary/aromatic N) is 1. The van der Waals surface area contributed by atoms with Crippen molar-refractivity contribution in [2.75, 3.05) is 20.1 Å². The van der Waals surface area contributed by atoms with Crippen LogP contribution in [-0.4, -0.2) is 44.5 Å². The predicted molar refractivity (Wildman–Crippen MR) is 88.6 cm³/mol. The standard InChI is InChI=1S/C14H21N3O2S2/c1-17(12-6-7-12)9-8-16-21(18,19)10-11-4-2-3-5-13(11)14(15)20/h2-5,12,16H,6-10H2,1H3,(H2,15,20). The molecule has 0 saturated heterocycles. The molecule has 7 heteroatoms. The molecule has 0 radical (unpaired) electrons. The van der Waals surface area contributed by atoms with Crippen LogP contribution in [-0.2, 0) is 15.8 Å². The zero-order valence-corrected chi connectivity index (χ0v) is 13.7. The lowest BCUT2D eigenvalue weighted by atomic mass is 10.1. The predicted octanol–water partition coefficient (Wildman–Crippen LogP) is 0.834. The molecule has 1 aliphatic rings. The van der Waals surface area contributed by atoms with Crippen LogP contribution in [0.15, 0.2) is 24.3 Å². The quantitative estimate of drug-likeness (QED) is 0.692. The monoisotopic (exact) mass is 327 g/mol. The minimum atomic E-state index is -3.38. The van der Waals surface area contributed by atoms with Crippen LogP contribution >= 0.6 is 12.2 Å². The van der Waals surface area contributed by atoms with E-state index in [-0.39, 0.29) is 10.7 Å². The van der Waals surface area contributed by atoms with Crippen LogP contribution in [0.25, 0.3) is 0 Å². The Labute approximate surface area is 131 Å². The topological polar surface area (TPSA) is 75.4 Å². The summed E-state index contributed by atoms with van der Waals surface area (Å²) in [5, 5.41) is 0. The minimum Gasteiger partial charge on any atom is -0.389 e. The van der Waals surface area contributed by atoms with Crippen molar-refractivity contribution in [1.82, 2.24) is 9.62 Å². The zero-order valence-electron chi connectivity index (χ0n) is 12.1. The molecule has 5 nitrogen and oxygen atoms in total. The Morgan fingerprint density at radius 2 is 2.10 bits per heavy atom. The Balaban J connectivity index is 1.92. The Kier molecular flexibility index (Phi) is 5.32. The van der Waals surface area contributed by atoms with Crippen molar-refractivity contribution in [3.63, 3.8) is 0 Å². The maximum absolute atomic E-state index is 12.1. The second kappa shape index (κ2) is 6.83. The van der Waals surface area contributed by atoms with Crippen LogP contribution in [0, 0.1) is 0 Å². The van der Waals surface area contributed by atoms with E-state index in [2.05, 4.69) is 9.62 Å². The molecule has 0 aromatic heterocycles. The van der Waals surface area contributed by atoms with Gasteiger partial charge in [-0.3, -0.25) is 0 Å². The third kappa shape index (κ3) is 5.03. The number of benzene rings is 1. The van der Waals surface area contributed by atoms with E-state index in [0.717, 1.165) is 6.54 Å². The maximum atomic E-state index is 12.1. The van der Waals surface area contributed by atoms with Gasteiger partial charge in [-0.1, -0.05) is 36.5 Å². The smallest absolute Gasteiger partial charge is 0.215 e. The summed E-state index contributed by atoms with van der Waals surface area (Å²) in [5.41, 5.74) is 6.87. The third-order valence-electron chi connectivity index (χ3n) is 3.59. The van der Waals surface area contributed by atoms with E-state index < -0.39 is 10.0 Å². The molecule has 1 aliphatic carbocycles. The van der Waals surface area contributed by atoms with Gasteiger partial charge < -0.3 is 10.6 Å². The van der Waals surface area contributed by atoms with Gasteiger partial charge in [0, 0.05) is 24.7 Å². The Bertz CT molecular complexity index is 612. The van der Waals surface area contributed by atoms with E-state index in [1.807, 2.05) is 7.05 Å². The van der Waals surface area contributed by atoms with Gasteiger partial charge in [0.2, 0.25) is 10.0 Å². The largest absolute Gasteiger partial charge is 0.389 e. The molecule has 0 amide bonds. The summed E-state index contributed by atoms with van der Waals surface area (Å²) in [7, 11) is -1.36. The molecule has 21 heavy (non-hydrogen) atoms. The molecule has 1 aromatic carbocycles. The number of nitrogens with one attached hydrogen (secondary N) is 1. The van der Waals surface area contributed by atoms with E-state index in [1.165, 1.54) is 12.8 Å². The third-order valence-corrected chi connectivity index (χ3v) is 5.14. The maximum Gasteiger partial charge on any atom is 0.215 e. The first-order valence-electron chi connectivity index (χ1n) is 6.94. The van der Waals surface area contributed by atoms with Crippen molar-refractivity contribution in [3.8, 4) is 0 Å². The summed E-state index contributed by atoms with van der Waals surface area (Å²) in [6.45, 7) is 1.14. The molecule has 0 unspecified atom stereocenters. The van der Waals surface area contributed by atoms with Crippen molar-refractivity contribution < 1.29 is 8.42 Å². The Morgan fingerprint density at radius 3 is 2.71 bits per heavy atom. The molecule has 3 N–H and O–H groups in total. The first kappa shape index (κ1) is 16.4. The number of rotatable bonds is 8. The molecule has 0 atom stereocenters. The molecule has 116 valence electrons. The van der Waals surface area contributed by atoms with Gasteiger partial charge in [0.1, 0.15) is 4.99 Å². The Morgan fingerprint density at radius 1 is 1.43 bits per heavy atom. The second-order valence-corrected chi connectivity index (χ2v) is 7.63. The van der Waals surface area contributed by atoms with E-state index in [4.69, 9.17) is 18.0 Å². The number of hydrogen-bond donors (Lipinski definition) is 2. The van der Waals surface area contributed by atoms with Crippen LogP contribution in [0.2, 0.25) is 0 Å². The van der Waals surface area contributed by atoms with Gasteiger partial charge in [-0.15, -0.1) is 0 Å². The number of nitrogens with two attached hydrogens (primary N) is 1. The molecule has 0 heterocycles. The fourth-order valence-electron chi connectivity index (χ4n) is 2.22. The Hall–Kier alpha value is -1.02. The van der Waals surface area contributed by atoms with E-state index in [1.54, 1.807) is 24.3 Å². The number of sulfonamides is 1. The van der Waals surface area contributed by atoms with Gasteiger partial charge in [0.05, 0.1) is 5.75 Å². The summed E-state index contributed by atoms with van der Waals surface area (Å²) in [5.74, 6) is -0.104. The number of hydrogen-bond acceptors (Lipinski definition) is 4. The van der Waals surface area contributed by atoms with Crippen LogP contribution in [0.4, 0.5) is 0 Å². The van der Waals surface area contributed by atoms with Gasteiger partial charge >= 0.3 is 0 Å². The summed E-state index contributed by atoms with van der Waals surface area (Å²) in [6, 6.07) is 7.69. The summed E-state index contributed by atoms with van der Waals surface area (Å²) >= 11 is 4.95. The van der Waals surface area contributed by atoms with Crippen molar-refractivity contribution in [1.29, 1.82) is 0 Å². The molecule has 1 aromatic rings. The molecular formula is C14H21N3O2S2. The second-order valence-electron chi connectivity index (χ2n) is 5.39. The molecular weight excluding hydrogens is 306 g/mol. The van der Waals surface area contributed by atoms with Crippen LogP contribution < -0.4 is 10.5 Å². The lowest BCUT2D eigenvalue weighted by Gasteiger charge is -2.16. The van der Waals surface area contributed by atoms with Crippen molar-refractivity contribution in [3.05, 3.63) is 35.4 Å². The summed E-state index contributed by atoms with van der Waals surface area (Å²) in [6.07, 6.45) is 2.43. The zero-order chi connectivity index (χ0) is 15.5. The van der Waals surface area contributed by atoms with E-state index >= 15 is 0 Å². The van der Waals surface area contributed by atoms with Gasteiger partial charge in [0.25, 0.3) is 0 Å². The fourth-order valence-corrected chi connectivity index (χ4v) is 3.58. The van der Waals surface area contributed by atoms with Crippen LogP contribution in [0.1, 0.15) is 24.0 Å². The summed E-state index contributed by atoms with van der Waals surface area (Å²) < 4.78 is 26.9. The SMILES string of the molecule is CN(CCNS(=O)(=O)Cc1ccccc1C(N)=S)C1CC1. The highest BCUT2D eigenvalue weighted by atomic mass is 32.2. The van der Waals surface area contributed by atoms with Crippen LogP contribution in [0.3, 0.4) is 0 Å².